The van der Waals surface area contributed by atoms with E-state index in [1.54, 1.807) is 30.0 Å². The third-order valence-electron chi connectivity index (χ3n) is 5.00. The molecule has 2 aromatic carbocycles. The van der Waals surface area contributed by atoms with Crippen molar-refractivity contribution in [2.45, 2.75) is 24.7 Å². The maximum Gasteiger partial charge on any atom is 0.321 e. The Bertz CT molecular complexity index is 958. The molecule has 0 bridgehead atoms. The first-order valence-electron chi connectivity index (χ1n) is 9.92. The summed E-state index contributed by atoms with van der Waals surface area (Å²) < 4.78 is 46.4. The molecule has 2 N–H and O–H groups in total. The smallest absolute Gasteiger partial charge is 0.321 e. The molecule has 0 aromatic heterocycles. The van der Waals surface area contributed by atoms with Crippen molar-refractivity contribution in [2.75, 3.05) is 31.6 Å². The van der Waals surface area contributed by atoms with Crippen molar-refractivity contribution in [3.63, 3.8) is 0 Å². The summed E-state index contributed by atoms with van der Waals surface area (Å²) in [6.07, 6.45) is 1.37. The zero-order chi connectivity index (χ0) is 21.6. The van der Waals surface area contributed by atoms with Crippen molar-refractivity contribution in [3.8, 4) is 5.75 Å². The van der Waals surface area contributed by atoms with Crippen LogP contribution in [0.25, 0.3) is 0 Å². The standard InChI is InChI=1S/C21H26FN3O4S/c1-2-29-19-5-3-4-6-20(19)30(27,28)23-15-16-11-13-25(14-12-16)21(26)24-18-9-7-17(22)8-10-18/h3-10,16,23H,2,11-15H2,1H3,(H,24,26). The molecule has 1 aliphatic heterocycles. The van der Waals surface area contributed by atoms with E-state index in [-0.39, 0.29) is 22.7 Å². The van der Waals surface area contributed by atoms with Gasteiger partial charge in [-0.3, -0.25) is 0 Å². The Balaban J connectivity index is 1.50. The number of ether oxygens (including phenoxy) is 1. The average Bonchev–Trinajstić information content (AvgIpc) is 2.75. The number of halogens is 1. The quantitative estimate of drug-likeness (QED) is 0.697. The zero-order valence-electron chi connectivity index (χ0n) is 16.8. The van der Waals surface area contributed by atoms with E-state index in [0.29, 0.717) is 50.5 Å². The van der Waals surface area contributed by atoms with E-state index in [1.165, 1.54) is 30.3 Å². The van der Waals surface area contributed by atoms with Gasteiger partial charge in [-0.15, -0.1) is 0 Å². The molecule has 0 unspecified atom stereocenters. The second-order valence-corrected chi connectivity index (χ2v) is 8.83. The average molecular weight is 436 g/mol. The first-order valence-corrected chi connectivity index (χ1v) is 11.4. The number of rotatable bonds is 7. The number of nitrogens with zero attached hydrogens (tertiary/aromatic N) is 1. The van der Waals surface area contributed by atoms with E-state index in [1.807, 2.05) is 0 Å². The molecule has 0 aliphatic carbocycles. The lowest BCUT2D eigenvalue weighted by Gasteiger charge is -2.32. The molecule has 0 spiro atoms. The number of carbonyl (C=O) groups is 1. The van der Waals surface area contributed by atoms with Crippen molar-refractivity contribution in [1.82, 2.24) is 9.62 Å². The van der Waals surface area contributed by atoms with Crippen molar-refractivity contribution in [2.24, 2.45) is 5.92 Å². The lowest BCUT2D eigenvalue weighted by Crippen LogP contribution is -2.43. The van der Waals surface area contributed by atoms with Crippen LogP contribution in [0.15, 0.2) is 53.4 Å². The molecule has 0 radical (unpaired) electrons. The Hall–Kier alpha value is -2.65. The number of urea groups is 1. The lowest BCUT2D eigenvalue weighted by atomic mass is 9.97. The predicted molar refractivity (Wildman–Crippen MR) is 113 cm³/mol. The Morgan fingerprint density at radius 2 is 1.80 bits per heavy atom. The fourth-order valence-corrected chi connectivity index (χ4v) is 4.59. The minimum atomic E-state index is -3.69. The summed E-state index contributed by atoms with van der Waals surface area (Å²) in [7, 11) is -3.69. The molecule has 2 amide bonds. The summed E-state index contributed by atoms with van der Waals surface area (Å²) in [6.45, 7) is 3.53. The maximum absolute atomic E-state index is 13.0. The summed E-state index contributed by atoms with van der Waals surface area (Å²) in [5.74, 6) is 0.105. The van der Waals surface area contributed by atoms with Crippen LogP contribution in [0, 0.1) is 11.7 Å². The van der Waals surface area contributed by atoms with Crippen LogP contribution in [0.1, 0.15) is 19.8 Å². The van der Waals surface area contributed by atoms with Gasteiger partial charge >= 0.3 is 6.03 Å². The van der Waals surface area contributed by atoms with Crippen LogP contribution in [0.2, 0.25) is 0 Å². The number of likely N-dealkylation sites (tertiary alicyclic amines) is 1. The minimum Gasteiger partial charge on any atom is -0.492 e. The third kappa shape index (κ3) is 5.70. The van der Waals surface area contributed by atoms with Crippen LogP contribution in [0.5, 0.6) is 5.75 Å². The van der Waals surface area contributed by atoms with Gasteiger partial charge in [0.25, 0.3) is 0 Å². The summed E-state index contributed by atoms with van der Waals surface area (Å²) in [6, 6.07) is 11.9. The van der Waals surface area contributed by atoms with Gasteiger partial charge in [0.05, 0.1) is 6.61 Å². The summed E-state index contributed by atoms with van der Waals surface area (Å²) in [4.78, 5) is 14.2. The molecule has 9 heteroatoms. The molecule has 30 heavy (non-hydrogen) atoms. The van der Waals surface area contributed by atoms with Crippen LogP contribution >= 0.6 is 0 Å². The molecule has 1 saturated heterocycles. The largest absolute Gasteiger partial charge is 0.492 e. The maximum atomic E-state index is 13.0. The minimum absolute atomic E-state index is 0.128. The van der Waals surface area contributed by atoms with Gasteiger partial charge in [-0.2, -0.15) is 0 Å². The fourth-order valence-electron chi connectivity index (χ4n) is 3.33. The fraction of sp³-hybridized carbons (Fsp3) is 0.381. The van der Waals surface area contributed by atoms with Crippen molar-refractivity contribution in [1.29, 1.82) is 0 Å². The van der Waals surface area contributed by atoms with Crippen LogP contribution in [0.4, 0.5) is 14.9 Å². The van der Waals surface area contributed by atoms with Crippen LogP contribution < -0.4 is 14.8 Å². The predicted octanol–water partition coefficient (Wildman–Crippen LogP) is 3.45. The Morgan fingerprint density at radius 3 is 2.47 bits per heavy atom. The lowest BCUT2D eigenvalue weighted by molar-refractivity contribution is 0.183. The molecule has 162 valence electrons. The summed E-state index contributed by atoms with van der Waals surface area (Å²) in [5, 5.41) is 2.74. The highest BCUT2D eigenvalue weighted by molar-refractivity contribution is 7.89. The second kappa shape index (κ2) is 9.90. The van der Waals surface area contributed by atoms with Crippen molar-refractivity contribution in [3.05, 3.63) is 54.3 Å². The number of para-hydroxylation sites is 1. The molecule has 7 nitrogen and oxygen atoms in total. The number of benzene rings is 2. The molecular weight excluding hydrogens is 409 g/mol. The van der Waals surface area contributed by atoms with E-state index in [0.717, 1.165) is 0 Å². The van der Waals surface area contributed by atoms with E-state index in [4.69, 9.17) is 4.74 Å². The van der Waals surface area contributed by atoms with E-state index >= 15 is 0 Å². The Labute approximate surface area is 176 Å². The number of anilines is 1. The molecule has 1 aliphatic rings. The van der Waals surface area contributed by atoms with Crippen LogP contribution in [-0.2, 0) is 10.0 Å². The monoisotopic (exact) mass is 435 g/mol. The number of amides is 2. The molecular formula is C21H26FN3O4S. The van der Waals surface area contributed by atoms with Gasteiger partial charge in [0.1, 0.15) is 16.5 Å². The number of carbonyl (C=O) groups excluding carboxylic acids is 1. The topological polar surface area (TPSA) is 87.7 Å². The zero-order valence-corrected chi connectivity index (χ0v) is 17.6. The Kier molecular flexibility index (Phi) is 7.28. The normalized spacial score (nSPS) is 15.1. The highest BCUT2D eigenvalue weighted by Crippen LogP contribution is 2.24. The van der Waals surface area contributed by atoms with Crippen LogP contribution in [-0.4, -0.2) is 45.6 Å². The van der Waals surface area contributed by atoms with Crippen molar-refractivity contribution >= 4 is 21.7 Å². The number of nitrogens with one attached hydrogen (secondary N) is 2. The van der Waals surface area contributed by atoms with E-state index in [2.05, 4.69) is 10.0 Å². The van der Waals surface area contributed by atoms with Gasteiger partial charge < -0.3 is 15.0 Å². The van der Waals surface area contributed by atoms with Crippen LogP contribution in [0.3, 0.4) is 0 Å². The van der Waals surface area contributed by atoms with Crippen molar-refractivity contribution < 1.29 is 22.3 Å². The summed E-state index contributed by atoms with van der Waals surface area (Å²) >= 11 is 0. The molecule has 1 heterocycles. The number of piperidine rings is 1. The van der Waals surface area contributed by atoms with E-state index < -0.39 is 10.0 Å². The SMILES string of the molecule is CCOc1ccccc1S(=O)(=O)NCC1CCN(C(=O)Nc2ccc(F)cc2)CC1. The van der Waals surface area contributed by atoms with Gasteiger partial charge in [-0.25, -0.2) is 22.3 Å². The molecule has 1 fully saturated rings. The van der Waals surface area contributed by atoms with E-state index in [9.17, 15) is 17.6 Å². The Morgan fingerprint density at radius 1 is 1.13 bits per heavy atom. The highest BCUT2D eigenvalue weighted by Gasteiger charge is 2.25. The molecule has 0 saturated carbocycles. The molecule has 0 atom stereocenters. The molecule has 3 rings (SSSR count). The third-order valence-corrected chi connectivity index (χ3v) is 6.46. The first kappa shape index (κ1) is 22.0. The number of sulfonamides is 1. The van der Waals surface area contributed by atoms with Gasteiger partial charge in [0, 0.05) is 25.3 Å². The van der Waals surface area contributed by atoms with Gasteiger partial charge in [0.15, 0.2) is 0 Å². The second-order valence-electron chi connectivity index (χ2n) is 7.10. The highest BCUT2D eigenvalue weighted by atomic mass is 32.2. The molecule has 2 aromatic rings. The number of hydrogen-bond donors (Lipinski definition) is 2. The van der Waals surface area contributed by atoms with Gasteiger partial charge in [0.2, 0.25) is 10.0 Å². The van der Waals surface area contributed by atoms with Gasteiger partial charge in [-0.05, 0) is 62.1 Å². The van der Waals surface area contributed by atoms with Gasteiger partial charge in [-0.1, -0.05) is 12.1 Å². The first-order chi connectivity index (χ1) is 14.4. The summed E-state index contributed by atoms with van der Waals surface area (Å²) in [5.41, 5.74) is 0.532. The number of hydrogen-bond acceptors (Lipinski definition) is 4.